The molecule has 5 heteroatoms. The Hall–Kier alpha value is -1.36. The predicted octanol–water partition coefficient (Wildman–Crippen LogP) is 0.378. The van der Waals surface area contributed by atoms with Crippen LogP contribution in [-0.2, 0) is 18.4 Å². The summed E-state index contributed by atoms with van der Waals surface area (Å²) in [7, 11) is 3.75. The van der Waals surface area contributed by atoms with Gasteiger partial charge in [-0.1, -0.05) is 0 Å². The van der Waals surface area contributed by atoms with Gasteiger partial charge in [0.2, 0.25) is 5.91 Å². The lowest BCUT2D eigenvalue weighted by Crippen LogP contribution is -2.41. The number of piperidine rings is 1. The predicted molar refractivity (Wildman–Crippen MR) is 65.3 cm³/mol. The fourth-order valence-corrected chi connectivity index (χ4v) is 2.28. The fraction of sp³-hybridized carbons (Fsp3) is 0.667. The molecule has 17 heavy (non-hydrogen) atoms. The van der Waals surface area contributed by atoms with Gasteiger partial charge in [0.25, 0.3) is 0 Å². The van der Waals surface area contributed by atoms with E-state index in [1.807, 2.05) is 26.5 Å². The molecule has 1 fully saturated rings. The molecule has 94 valence electrons. The van der Waals surface area contributed by atoms with E-state index in [9.17, 15) is 4.79 Å². The van der Waals surface area contributed by atoms with E-state index in [1.165, 1.54) is 0 Å². The molecule has 0 unspecified atom stereocenters. The van der Waals surface area contributed by atoms with E-state index < -0.39 is 0 Å². The van der Waals surface area contributed by atoms with Crippen molar-refractivity contribution < 1.29 is 4.79 Å². The van der Waals surface area contributed by atoms with E-state index in [1.54, 1.807) is 9.58 Å². The molecule has 0 aromatic carbocycles. The molecule has 2 heterocycles. The van der Waals surface area contributed by atoms with Gasteiger partial charge in [0.1, 0.15) is 0 Å². The van der Waals surface area contributed by atoms with Crippen LogP contribution in [0.2, 0.25) is 0 Å². The highest BCUT2D eigenvalue weighted by atomic mass is 16.2. The number of aromatic nitrogens is 2. The van der Waals surface area contributed by atoms with Crippen molar-refractivity contribution in [2.75, 3.05) is 20.1 Å². The lowest BCUT2D eigenvalue weighted by Gasteiger charge is -2.26. The molecular formula is C12H20N4O. The van der Waals surface area contributed by atoms with Crippen LogP contribution in [-0.4, -0.2) is 40.7 Å². The lowest BCUT2D eigenvalue weighted by atomic mass is 9.98. The summed E-state index contributed by atoms with van der Waals surface area (Å²) in [4.78, 5) is 14.0. The second-order valence-electron chi connectivity index (χ2n) is 4.76. The molecule has 0 bridgehead atoms. The fourth-order valence-electron chi connectivity index (χ4n) is 2.28. The molecule has 1 aliphatic heterocycles. The maximum Gasteiger partial charge on any atom is 0.227 e. The zero-order chi connectivity index (χ0) is 12.3. The van der Waals surface area contributed by atoms with Crippen LogP contribution >= 0.6 is 0 Å². The highest BCUT2D eigenvalue weighted by molar-refractivity contribution is 5.78. The summed E-state index contributed by atoms with van der Waals surface area (Å²) < 4.78 is 1.76. The first-order chi connectivity index (χ1) is 8.16. The number of amides is 1. The van der Waals surface area contributed by atoms with Crippen LogP contribution in [0.1, 0.15) is 18.4 Å². The van der Waals surface area contributed by atoms with Gasteiger partial charge in [-0.2, -0.15) is 5.10 Å². The molecule has 0 radical (unpaired) electrons. The first-order valence-electron chi connectivity index (χ1n) is 6.10. The lowest BCUT2D eigenvalue weighted by molar-refractivity contribution is -0.135. The molecule has 1 amide bonds. The monoisotopic (exact) mass is 236 g/mol. The zero-order valence-corrected chi connectivity index (χ0v) is 10.5. The van der Waals surface area contributed by atoms with E-state index in [2.05, 4.69) is 10.4 Å². The van der Waals surface area contributed by atoms with Gasteiger partial charge < -0.3 is 10.2 Å². The molecule has 0 aliphatic carbocycles. The van der Waals surface area contributed by atoms with E-state index in [0.717, 1.165) is 31.5 Å². The van der Waals surface area contributed by atoms with Crippen molar-refractivity contribution in [3.63, 3.8) is 0 Å². The van der Waals surface area contributed by atoms with E-state index >= 15 is 0 Å². The highest BCUT2D eigenvalue weighted by Crippen LogP contribution is 2.14. The summed E-state index contributed by atoms with van der Waals surface area (Å²) in [5.41, 5.74) is 1.08. The molecule has 1 atom stereocenters. The van der Waals surface area contributed by atoms with Crippen molar-refractivity contribution in [2.24, 2.45) is 13.0 Å². The smallest absolute Gasteiger partial charge is 0.227 e. The number of hydrogen-bond donors (Lipinski definition) is 1. The molecule has 5 nitrogen and oxygen atoms in total. The quantitative estimate of drug-likeness (QED) is 0.825. The Kier molecular flexibility index (Phi) is 3.78. The van der Waals surface area contributed by atoms with Crippen LogP contribution in [0.15, 0.2) is 12.4 Å². The maximum absolute atomic E-state index is 12.2. The maximum atomic E-state index is 12.2. The SMILES string of the molecule is CN(Cc1cnn(C)c1)C(=O)[C@@H]1CCCNC1. The first-order valence-corrected chi connectivity index (χ1v) is 6.10. The Bertz CT molecular complexity index is 382. The minimum absolute atomic E-state index is 0.144. The summed E-state index contributed by atoms with van der Waals surface area (Å²) in [5, 5.41) is 7.38. The molecule has 1 aromatic heterocycles. The van der Waals surface area contributed by atoms with Crippen LogP contribution in [0.3, 0.4) is 0 Å². The van der Waals surface area contributed by atoms with Gasteiger partial charge in [-0.3, -0.25) is 9.48 Å². The molecule has 2 rings (SSSR count). The summed E-state index contributed by atoms with van der Waals surface area (Å²) in [5.74, 6) is 0.381. The normalized spacial score (nSPS) is 20.2. The Morgan fingerprint density at radius 1 is 1.71 bits per heavy atom. The number of rotatable bonds is 3. The first kappa shape index (κ1) is 12.1. The minimum Gasteiger partial charge on any atom is -0.341 e. The molecule has 1 aromatic rings. The van der Waals surface area contributed by atoms with E-state index in [-0.39, 0.29) is 11.8 Å². The summed E-state index contributed by atoms with van der Waals surface area (Å²) in [6.45, 7) is 2.50. The number of hydrogen-bond acceptors (Lipinski definition) is 3. The van der Waals surface area contributed by atoms with Crippen LogP contribution in [0.25, 0.3) is 0 Å². The van der Waals surface area contributed by atoms with Crippen LogP contribution in [0.4, 0.5) is 0 Å². The average molecular weight is 236 g/mol. The molecular weight excluding hydrogens is 216 g/mol. The van der Waals surface area contributed by atoms with Gasteiger partial charge in [-0.15, -0.1) is 0 Å². The van der Waals surface area contributed by atoms with Crippen molar-refractivity contribution >= 4 is 5.91 Å². The second-order valence-corrected chi connectivity index (χ2v) is 4.76. The third kappa shape index (κ3) is 3.06. The highest BCUT2D eigenvalue weighted by Gasteiger charge is 2.23. The number of carbonyl (C=O) groups excluding carboxylic acids is 1. The van der Waals surface area contributed by atoms with Crippen molar-refractivity contribution in [1.82, 2.24) is 20.0 Å². The number of nitrogens with zero attached hydrogens (tertiary/aromatic N) is 3. The zero-order valence-electron chi connectivity index (χ0n) is 10.5. The van der Waals surface area contributed by atoms with Gasteiger partial charge in [0, 0.05) is 38.9 Å². The van der Waals surface area contributed by atoms with Crippen molar-refractivity contribution in [2.45, 2.75) is 19.4 Å². The Morgan fingerprint density at radius 2 is 2.53 bits per heavy atom. The van der Waals surface area contributed by atoms with E-state index in [4.69, 9.17) is 0 Å². The summed E-state index contributed by atoms with van der Waals surface area (Å²) in [6, 6.07) is 0. The number of nitrogens with one attached hydrogen (secondary N) is 1. The van der Waals surface area contributed by atoms with Crippen molar-refractivity contribution in [3.8, 4) is 0 Å². The molecule has 0 spiro atoms. The van der Waals surface area contributed by atoms with Crippen LogP contribution in [0, 0.1) is 5.92 Å². The molecule has 1 aliphatic rings. The number of aryl methyl sites for hydroxylation is 1. The summed E-state index contributed by atoms with van der Waals surface area (Å²) >= 11 is 0. The van der Waals surface area contributed by atoms with Crippen LogP contribution in [0.5, 0.6) is 0 Å². The van der Waals surface area contributed by atoms with Gasteiger partial charge >= 0.3 is 0 Å². The molecule has 1 saturated heterocycles. The van der Waals surface area contributed by atoms with E-state index in [0.29, 0.717) is 6.54 Å². The Balaban J connectivity index is 1.90. The Labute approximate surface area is 102 Å². The van der Waals surface area contributed by atoms with Crippen LogP contribution < -0.4 is 5.32 Å². The van der Waals surface area contributed by atoms with Gasteiger partial charge in [-0.25, -0.2) is 0 Å². The third-order valence-corrected chi connectivity index (χ3v) is 3.20. The van der Waals surface area contributed by atoms with Crippen molar-refractivity contribution in [3.05, 3.63) is 18.0 Å². The standard InChI is InChI=1S/C12H20N4O/c1-15(8-10-6-14-16(2)9-10)12(17)11-4-3-5-13-7-11/h6,9,11,13H,3-5,7-8H2,1-2H3/t11-/m1/s1. The minimum atomic E-state index is 0.144. The Morgan fingerprint density at radius 3 is 3.12 bits per heavy atom. The topological polar surface area (TPSA) is 50.2 Å². The third-order valence-electron chi connectivity index (χ3n) is 3.20. The largest absolute Gasteiger partial charge is 0.341 e. The van der Waals surface area contributed by atoms with Gasteiger partial charge in [0.05, 0.1) is 12.1 Å². The average Bonchev–Trinajstić information content (AvgIpc) is 2.75. The summed E-state index contributed by atoms with van der Waals surface area (Å²) in [6.07, 6.45) is 5.85. The molecule has 1 N–H and O–H groups in total. The van der Waals surface area contributed by atoms with Gasteiger partial charge in [-0.05, 0) is 19.4 Å². The van der Waals surface area contributed by atoms with Crippen molar-refractivity contribution in [1.29, 1.82) is 0 Å². The van der Waals surface area contributed by atoms with Gasteiger partial charge in [0.15, 0.2) is 0 Å². The molecule has 0 saturated carbocycles. The second kappa shape index (κ2) is 5.31. The number of carbonyl (C=O) groups is 1.